The highest BCUT2D eigenvalue weighted by molar-refractivity contribution is 7.89. The van der Waals surface area contributed by atoms with E-state index in [1.165, 1.54) is 13.0 Å². The van der Waals surface area contributed by atoms with E-state index in [1.807, 2.05) is 0 Å². The van der Waals surface area contributed by atoms with Gasteiger partial charge in [0.25, 0.3) is 0 Å². The monoisotopic (exact) mass is 300 g/mol. The van der Waals surface area contributed by atoms with Crippen LogP contribution in [0.3, 0.4) is 0 Å². The molecule has 1 aromatic carbocycles. The van der Waals surface area contributed by atoms with Gasteiger partial charge in [0.1, 0.15) is 5.82 Å². The molecule has 0 unspecified atom stereocenters. The van der Waals surface area contributed by atoms with Crippen molar-refractivity contribution >= 4 is 15.7 Å². The average molecular weight is 300 g/mol. The predicted molar refractivity (Wildman–Crippen MR) is 77.2 cm³/mol. The molecular formula is C14H21FN2O2S. The Hall–Kier alpha value is -1.14. The highest BCUT2D eigenvalue weighted by atomic mass is 32.2. The predicted octanol–water partition coefficient (Wildman–Crippen LogP) is 2.43. The molecule has 0 atom stereocenters. The van der Waals surface area contributed by atoms with Gasteiger partial charge in [-0.2, -0.15) is 0 Å². The van der Waals surface area contributed by atoms with Crippen molar-refractivity contribution in [2.45, 2.75) is 38.5 Å². The second-order valence-corrected chi connectivity index (χ2v) is 7.70. The highest BCUT2D eigenvalue weighted by Gasteiger charge is 2.45. The van der Waals surface area contributed by atoms with Gasteiger partial charge < -0.3 is 5.73 Å². The van der Waals surface area contributed by atoms with Gasteiger partial charge >= 0.3 is 0 Å². The molecular weight excluding hydrogens is 279 g/mol. The molecule has 3 N–H and O–H groups in total. The summed E-state index contributed by atoms with van der Waals surface area (Å²) in [5.41, 5.74) is 5.80. The van der Waals surface area contributed by atoms with E-state index in [0.717, 1.165) is 18.9 Å². The van der Waals surface area contributed by atoms with Gasteiger partial charge in [-0.15, -0.1) is 0 Å². The van der Waals surface area contributed by atoms with Crippen molar-refractivity contribution in [1.29, 1.82) is 0 Å². The third-order valence-corrected chi connectivity index (χ3v) is 5.87. The van der Waals surface area contributed by atoms with Crippen LogP contribution >= 0.6 is 0 Å². The lowest BCUT2D eigenvalue weighted by Crippen LogP contribution is -2.33. The van der Waals surface area contributed by atoms with E-state index in [-0.39, 0.29) is 21.6 Å². The van der Waals surface area contributed by atoms with E-state index in [1.54, 1.807) is 0 Å². The normalized spacial score (nSPS) is 17.4. The Morgan fingerprint density at radius 1 is 1.40 bits per heavy atom. The Labute approximate surface area is 119 Å². The number of nitrogens with two attached hydrogens (primary N) is 1. The molecule has 0 heterocycles. The van der Waals surface area contributed by atoms with Gasteiger partial charge in [-0.3, -0.25) is 0 Å². The number of sulfonamides is 1. The van der Waals surface area contributed by atoms with Crippen LogP contribution in [-0.2, 0) is 10.0 Å². The molecule has 0 aliphatic heterocycles. The molecule has 1 aliphatic carbocycles. The van der Waals surface area contributed by atoms with Crippen LogP contribution in [0.1, 0.15) is 32.3 Å². The van der Waals surface area contributed by atoms with Gasteiger partial charge in [-0.05, 0) is 43.2 Å². The molecule has 0 amide bonds. The minimum Gasteiger partial charge on any atom is -0.399 e. The topological polar surface area (TPSA) is 72.2 Å². The lowest BCUT2D eigenvalue weighted by Gasteiger charge is -2.20. The number of halogens is 1. The molecule has 0 bridgehead atoms. The summed E-state index contributed by atoms with van der Waals surface area (Å²) in [6.45, 7) is 6.01. The maximum atomic E-state index is 13.6. The number of nitrogens with one attached hydrogen (secondary N) is 1. The molecule has 0 spiro atoms. The zero-order valence-electron chi connectivity index (χ0n) is 12.0. The second kappa shape index (κ2) is 5.00. The lowest BCUT2D eigenvalue weighted by atomic mass is 9.93. The molecule has 0 radical (unpaired) electrons. The molecule has 1 aliphatic rings. The van der Waals surface area contributed by atoms with Gasteiger partial charge in [0, 0.05) is 17.8 Å². The number of hydrogen-bond donors (Lipinski definition) is 2. The standard InChI is InChI=1S/C14H21FN2O2S/c1-9(2)14(4-5-14)8-17-20(18,19)13-7-11(16)6-12(15)10(13)3/h6-7,9,17H,4-5,8,16H2,1-3H3. The minimum atomic E-state index is -3.73. The number of hydrogen-bond acceptors (Lipinski definition) is 3. The molecule has 1 fully saturated rings. The van der Waals surface area contributed by atoms with Crippen LogP contribution in [0.15, 0.2) is 17.0 Å². The third kappa shape index (κ3) is 2.81. The highest BCUT2D eigenvalue weighted by Crippen LogP contribution is 2.51. The molecule has 20 heavy (non-hydrogen) atoms. The fraction of sp³-hybridized carbons (Fsp3) is 0.571. The Kier molecular flexibility index (Phi) is 3.81. The van der Waals surface area contributed by atoms with E-state index < -0.39 is 15.8 Å². The maximum absolute atomic E-state index is 13.6. The van der Waals surface area contributed by atoms with Crippen LogP contribution in [0.25, 0.3) is 0 Å². The van der Waals surface area contributed by atoms with Crippen molar-refractivity contribution in [3.05, 3.63) is 23.5 Å². The van der Waals surface area contributed by atoms with Gasteiger partial charge in [-0.25, -0.2) is 17.5 Å². The fourth-order valence-corrected chi connectivity index (χ4v) is 3.81. The molecule has 6 heteroatoms. The minimum absolute atomic E-state index is 0.0554. The first-order valence-corrected chi connectivity index (χ1v) is 8.21. The first kappa shape index (κ1) is 15.3. The van der Waals surface area contributed by atoms with Gasteiger partial charge in [0.2, 0.25) is 10.0 Å². The number of nitrogen functional groups attached to an aromatic ring is 1. The zero-order valence-corrected chi connectivity index (χ0v) is 12.8. The third-order valence-electron chi connectivity index (χ3n) is 4.34. The Bertz CT molecular complexity index is 622. The Balaban J connectivity index is 2.23. The number of rotatable bonds is 5. The summed E-state index contributed by atoms with van der Waals surface area (Å²) in [6.07, 6.45) is 2.05. The van der Waals surface area contributed by atoms with Crippen molar-refractivity contribution in [3.63, 3.8) is 0 Å². The van der Waals surface area contributed by atoms with Crippen molar-refractivity contribution in [2.75, 3.05) is 12.3 Å². The number of anilines is 1. The van der Waals surface area contributed by atoms with Crippen molar-refractivity contribution in [3.8, 4) is 0 Å². The molecule has 0 aromatic heterocycles. The van der Waals surface area contributed by atoms with E-state index in [2.05, 4.69) is 18.6 Å². The van der Waals surface area contributed by atoms with E-state index in [9.17, 15) is 12.8 Å². The van der Waals surface area contributed by atoms with E-state index >= 15 is 0 Å². The molecule has 112 valence electrons. The molecule has 1 aromatic rings. The summed E-state index contributed by atoms with van der Waals surface area (Å²) >= 11 is 0. The summed E-state index contributed by atoms with van der Waals surface area (Å²) in [4.78, 5) is -0.0745. The van der Waals surface area contributed by atoms with Crippen LogP contribution in [0.5, 0.6) is 0 Å². The van der Waals surface area contributed by atoms with Crippen LogP contribution < -0.4 is 10.5 Å². The van der Waals surface area contributed by atoms with Crippen molar-refractivity contribution in [1.82, 2.24) is 4.72 Å². The van der Waals surface area contributed by atoms with Crippen LogP contribution in [0.4, 0.5) is 10.1 Å². The Morgan fingerprint density at radius 3 is 2.50 bits per heavy atom. The molecule has 0 saturated heterocycles. The zero-order chi connectivity index (χ0) is 15.1. The van der Waals surface area contributed by atoms with Crippen molar-refractivity contribution < 1.29 is 12.8 Å². The first-order chi connectivity index (χ1) is 9.18. The Morgan fingerprint density at radius 2 is 2.00 bits per heavy atom. The largest absolute Gasteiger partial charge is 0.399 e. The van der Waals surface area contributed by atoms with Gasteiger partial charge in [-0.1, -0.05) is 13.8 Å². The van der Waals surface area contributed by atoms with Crippen LogP contribution in [0, 0.1) is 24.1 Å². The van der Waals surface area contributed by atoms with E-state index in [0.29, 0.717) is 12.5 Å². The lowest BCUT2D eigenvalue weighted by molar-refractivity contribution is 0.357. The van der Waals surface area contributed by atoms with Crippen molar-refractivity contribution in [2.24, 2.45) is 11.3 Å². The van der Waals surface area contributed by atoms with E-state index in [4.69, 9.17) is 5.73 Å². The molecule has 4 nitrogen and oxygen atoms in total. The van der Waals surface area contributed by atoms with Gasteiger partial charge in [0.15, 0.2) is 0 Å². The van der Waals surface area contributed by atoms with Gasteiger partial charge in [0.05, 0.1) is 4.90 Å². The summed E-state index contributed by atoms with van der Waals surface area (Å²) in [5, 5.41) is 0. The summed E-state index contributed by atoms with van der Waals surface area (Å²) in [7, 11) is -3.73. The molecule has 2 rings (SSSR count). The fourth-order valence-electron chi connectivity index (χ4n) is 2.39. The smallest absolute Gasteiger partial charge is 0.241 e. The second-order valence-electron chi connectivity index (χ2n) is 5.97. The molecule has 1 saturated carbocycles. The summed E-state index contributed by atoms with van der Waals surface area (Å²) in [5.74, 6) is -0.181. The first-order valence-electron chi connectivity index (χ1n) is 6.73. The summed E-state index contributed by atoms with van der Waals surface area (Å²) < 4.78 is 40.9. The quantitative estimate of drug-likeness (QED) is 0.820. The average Bonchev–Trinajstić information content (AvgIpc) is 3.12. The van der Waals surface area contributed by atoms with Crippen LogP contribution in [-0.4, -0.2) is 15.0 Å². The SMILES string of the molecule is Cc1c(F)cc(N)cc1S(=O)(=O)NCC1(C(C)C)CC1. The number of benzene rings is 1. The van der Waals surface area contributed by atoms with Crippen LogP contribution in [0.2, 0.25) is 0 Å². The maximum Gasteiger partial charge on any atom is 0.241 e. The summed E-state index contributed by atoms with van der Waals surface area (Å²) in [6, 6.07) is 2.43.